The molecule has 7 heteroatoms. The molecule has 90 valence electrons. The van der Waals surface area contributed by atoms with E-state index < -0.39 is 0 Å². The third-order valence-electron chi connectivity index (χ3n) is 2.41. The van der Waals surface area contributed by atoms with Crippen molar-refractivity contribution in [2.75, 3.05) is 0 Å². The average Bonchev–Trinajstić information content (AvgIpc) is 3.02. The molecule has 0 radical (unpaired) electrons. The number of tetrazole rings is 1. The van der Waals surface area contributed by atoms with Gasteiger partial charge in [-0.15, -0.1) is 5.10 Å². The molecule has 0 spiro atoms. The van der Waals surface area contributed by atoms with E-state index in [2.05, 4.69) is 20.7 Å². The van der Waals surface area contributed by atoms with E-state index in [9.17, 15) is 4.39 Å². The first-order chi connectivity index (χ1) is 8.83. The molecule has 0 bridgehead atoms. The number of nitrogens with zero attached hydrogens (tertiary/aromatic N) is 5. The Bertz CT molecular complexity index is 649. The molecular weight excluding hydrogens is 237 g/mol. The van der Waals surface area contributed by atoms with Crippen LogP contribution >= 0.6 is 0 Å². The molecule has 0 aliphatic heterocycles. The fraction of sp³-hybridized carbons (Fsp3) is 0.0909. The van der Waals surface area contributed by atoms with Gasteiger partial charge in [0.15, 0.2) is 5.76 Å². The van der Waals surface area contributed by atoms with Crippen molar-refractivity contribution in [3.05, 3.63) is 48.2 Å². The SMILES string of the molecule is Fc1ccccc1-c1cc(Cn2cnnn2)no1. The standard InChI is InChI=1S/C11H8FN5O/c12-10-4-2-1-3-9(10)11-5-8(14-18-11)6-17-7-13-15-16-17/h1-5,7H,6H2. The summed E-state index contributed by atoms with van der Waals surface area (Å²) in [5.74, 6) is 0.0406. The van der Waals surface area contributed by atoms with Crippen LogP contribution in [-0.4, -0.2) is 25.4 Å². The van der Waals surface area contributed by atoms with Gasteiger partial charge in [-0.25, -0.2) is 9.07 Å². The third-order valence-corrected chi connectivity index (χ3v) is 2.41. The summed E-state index contributed by atoms with van der Waals surface area (Å²) < 4.78 is 20.1. The molecule has 0 saturated carbocycles. The smallest absolute Gasteiger partial charge is 0.170 e. The maximum atomic E-state index is 13.5. The second-order valence-electron chi connectivity index (χ2n) is 3.67. The van der Waals surface area contributed by atoms with Crippen LogP contribution in [0.2, 0.25) is 0 Å². The van der Waals surface area contributed by atoms with Crippen LogP contribution in [0.1, 0.15) is 5.69 Å². The normalized spacial score (nSPS) is 10.7. The molecule has 0 fully saturated rings. The van der Waals surface area contributed by atoms with Gasteiger partial charge >= 0.3 is 0 Å². The Morgan fingerprint density at radius 3 is 2.94 bits per heavy atom. The first-order valence-electron chi connectivity index (χ1n) is 5.24. The molecule has 0 aliphatic carbocycles. The van der Waals surface area contributed by atoms with Crippen molar-refractivity contribution in [2.24, 2.45) is 0 Å². The van der Waals surface area contributed by atoms with Gasteiger partial charge in [0.2, 0.25) is 0 Å². The Morgan fingerprint density at radius 1 is 1.28 bits per heavy atom. The summed E-state index contributed by atoms with van der Waals surface area (Å²) in [5, 5.41) is 14.6. The Kier molecular flexibility index (Phi) is 2.56. The van der Waals surface area contributed by atoms with E-state index >= 15 is 0 Å². The van der Waals surface area contributed by atoms with Crippen LogP contribution in [0, 0.1) is 5.82 Å². The zero-order valence-electron chi connectivity index (χ0n) is 9.19. The first kappa shape index (κ1) is 10.6. The fourth-order valence-corrected chi connectivity index (χ4v) is 1.59. The summed E-state index contributed by atoms with van der Waals surface area (Å²) >= 11 is 0. The summed E-state index contributed by atoms with van der Waals surface area (Å²) in [6.07, 6.45) is 1.47. The van der Waals surface area contributed by atoms with Crippen LogP contribution in [0.15, 0.2) is 41.2 Å². The topological polar surface area (TPSA) is 69.6 Å². The van der Waals surface area contributed by atoms with Gasteiger partial charge in [-0.2, -0.15) is 0 Å². The van der Waals surface area contributed by atoms with E-state index in [-0.39, 0.29) is 5.82 Å². The molecule has 0 unspecified atom stereocenters. The Labute approximate surface area is 101 Å². The maximum Gasteiger partial charge on any atom is 0.170 e. The molecule has 3 rings (SSSR count). The highest BCUT2D eigenvalue weighted by Gasteiger charge is 2.11. The highest BCUT2D eigenvalue weighted by molar-refractivity contribution is 5.57. The van der Waals surface area contributed by atoms with Gasteiger partial charge < -0.3 is 4.52 Å². The number of halogens is 1. The number of hydrogen-bond donors (Lipinski definition) is 0. The third kappa shape index (κ3) is 1.97. The van der Waals surface area contributed by atoms with Crippen LogP contribution in [0.25, 0.3) is 11.3 Å². The lowest BCUT2D eigenvalue weighted by Gasteiger charge is -1.95. The monoisotopic (exact) mass is 245 g/mol. The molecule has 0 amide bonds. The van der Waals surface area contributed by atoms with E-state index in [4.69, 9.17) is 4.52 Å². The van der Waals surface area contributed by atoms with Crippen molar-refractivity contribution < 1.29 is 8.91 Å². The lowest BCUT2D eigenvalue weighted by Crippen LogP contribution is -2.00. The zero-order chi connectivity index (χ0) is 12.4. The van der Waals surface area contributed by atoms with Gasteiger partial charge in [-0.05, 0) is 22.6 Å². The van der Waals surface area contributed by atoms with E-state index in [1.165, 1.54) is 17.1 Å². The largest absolute Gasteiger partial charge is 0.356 e. The van der Waals surface area contributed by atoms with Crippen molar-refractivity contribution in [1.82, 2.24) is 25.4 Å². The minimum absolute atomic E-state index is 0.345. The summed E-state index contributed by atoms with van der Waals surface area (Å²) in [4.78, 5) is 0. The molecular formula is C11H8FN5O. The summed E-state index contributed by atoms with van der Waals surface area (Å²) in [5.41, 5.74) is 1.01. The van der Waals surface area contributed by atoms with E-state index in [1.807, 2.05) is 0 Å². The second-order valence-corrected chi connectivity index (χ2v) is 3.67. The van der Waals surface area contributed by atoms with Crippen molar-refractivity contribution in [3.8, 4) is 11.3 Å². The Hall–Kier alpha value is -2.57. The number of aromatic nitrogens is 5. The first-order valence-corrected chi connectivity index (χ1v) is 5.24. The van der Waals surface area contributed by atoms with E-state index in [0.717, 1.165) is 0 Å². The Morgan fingerprint density at radius 2 is 2.17 bits per heavy atom. The molecule has 1 aromatic carbocycles. The molecule has 18 heavy (non-hydrogen) atoms. The van der Waals surface area contributed by atoms with Crippen LogP contribution < -0.4 is 0 Å². The van der Waals surface area contributed by atoms with Gasteiger partial charge in [0.05, 0.1) is 12.1 Å². The van der Waals surface area contributed by atoms with Crippen LogP contribution in [-0.2, 0) is 6.54 Å². The molecule has 0 N–H and O–H groups in total. The second kappa shape index (κ2) is 4.36. The van der Waals surface area contributed by atoms with E-state index in [1.54, 1.807) is 24.3 Å². The van der Waals surface area contributed by atoms with Crippen LogP contribution in [0.3, 0.4) is 0 Å². The zero-order valence-corrected chi connectivity index (χ0v) is 9.19. The summed E-state index contributed by atoms with van der Waals surface area (Å²) in [6.45, 7) is 0.380. The van der Waals surface area contributed by atoms with Gasteiger partial charge in [0.25, 0.3) is 0 Å². The molecule has 0 atom stereocenters. The lowest BCUT2D eigenvalue weighted by atomic mass is 10.1. The van der Waals surface area contributed by atoms with Crippen LogP contribution in [0.5, 0.6) is 0 Å². The molecule has 6 nitrogen and oxygen atoms in total. The van der Waals surface area contributed by atoms with Crippen molar-refractivity contribution in [2.45, 2.75) is 6.54 Å². The fourth-order valence-electron chi connectivity index (χ4n) is 1.59. The summed E-state index contributed by atoms with van der Waals surface area (Å²) in [7, 11) is 0. The minimum Gasteiger partial charge on any atom is -0.356 e. The van der Waals surface area contributed by atoms with Gasteiger partial charge in [-0.3, -0.25) is 0 Å². The quantitative estimate of drug-likeness (QED) is 0.699. The van der Waals surface area contributed by atoms with Crippen molar-refractivity contribution >= 4 is 0 Å². The number of hydrogen-bond acceptors (Lipinski definition) is 5. The van der Waals surface area contributed by atoms with Crippen molar-refractivity contribution in [3.63, 3.8) is 0 Å². The average molecular weight is 245 g/mol. The lowest BCUT2D eigenvalue weighted by molar-refractivity contribution is 0.417. The molecule has 0 saturated heterocycles. The number of benzene rings is 1. The highest BCUT2D eigenvalue weighted by atomic mass is 19.1. The molecule has 0 aliphatic rings. The van der Waals surface area contributed by atoms with E-state index in [0.29, 0.717) is 23.6 Å². The van der Waals surface area contributed by atoms with Gasteiger partial charge in [-0.1, -0.05) is 17.3 Å². The number of rotatable bonds is 3. The minimum atomic E-state index is -0.345. The van der Waals surface area contributed by atoms with Gasteiger partial charge in [0, 0.05) is 6.07 Å². The highest BCUT2D eigenvalue weighted by Crippen LogP contribution is 2.23. The molecule has 2 heterocycles. The molecule has 3 aromatic rings. The predicted octanol–water partition coefficient (Wildman–Crippen LogP) is 1.52. The Balaban J connectivity index is 1.88. The summed E-state index contributed by atoms with van der Waals surface area (Å²) in [6, 6.07) is 8.04. The molecule has 2 aromatic heterocycles. The van der Waals surface area contributed by atoms with Crippen molar-refractivity contribution in [1.29, 1.82) is 0 Å². The predicted molar refractivity (Wildman–Crippen MR) is 58.8 cm³/mol. The van der Waals surface area contributed by atoms with Crippen LogP contribution in [0.4, 0.5) is 4.39 Å². The maximum absolute atomic E-state index is 13.5. The van der Waals surface area contributed by atoms with Gasteiger partial charge in [0.1, 0.15) is 17.8 Å².